The molecule has 0 aliphatic carbocycles. The van der Waals surface area contributed by atoms with Crippen molar-refractivity contribution in [1.29, 1.82) is 0 Å². The van der Waals surface area contributed by atoms with E-state index >= 15 is 0 Å². The summed E-state index contributed by atoms with van der Waals surface area (Å²) < 4.78 is 2.06. The lowest BCUT2D eigenvalue weighted by atomic mass is 9.89. The molecule has 0 bridgehead atoms. The molecular weight excluding hydrogens is 410 g/mol. The maximum Gasteiger partial charge on any atom is 0.227 e. The van der Waals surface area contributed by atoms with Gasteiger partial charge in [0.25, 0.3) is 0 Å². The zero-order valence-corrected chi connectivity index (χ0v) is 19.6. The van der Waals surface area contributed by atoms with Crippen molar-refractivity contribution in [2.24, 2.45) is 5.92 Å². The Bertz CT molecular complexity index is 1270. The first-order chi connectivity index (χ1) is 16.0. The van der Waals surface area contributed by atoms with E-state index in [4.69, 9.17) is 0 Å². The molecule has 4 aromatic rings. The lowest BCUT2D eigenvalue weighted by molar-refractivity contribution is -0.136. The van der Waals surface area contributed by atoms with Gasteiger partial charge in [0.15, 0.2) is 0 Å². The fourth-order valence-corrected chi connectivity index (χ4v) is 5.16. The van der Waals surface area contributed by atoms with Gasteiger partial charge in [0.05, 0.1) is 5.92 Å². The normalized spacial score (nSPS) is 17.4. The fourth-order valence-electron chi connectivity index (χ4n) is 5.16. The quantitative estimate of drug-likeness (QED) is 0.469. The van der Waals surface area contributed by atoms with Gasteiger partial charge in [-0.3, -0.25) is 9.78 Å². The van der Waals surface area contributed by atoms with E-state index < -0.39 is 0 Å². The average molecular weight is 442 g/mol. The third-order valence-corrected chi connectivity index (χ3v) is 6.91. The minimum Gasteiger partial charge on any atom is -0.358 e. The number of nitrogens with zero attached hydrogens (tertiary/aromatic N) is 4. The van der Waals surface area contributed by atoms with Crippen LogP contribution in [0.3, 0.4) is 0 Å². The molecule has 1 fully saturated rings. The van der Waals surface area contributed by atoms with Gasteiger partial charge in [-0.1, -0.05) is 18.6 Å². The van der Waals surface area contributed by atoms with Crippen molar-refractivity contribution in [2.45, 2.75) is 46.1 Å². The van der Waals surface area contributed by atoms with Crippen molar-refractivity contribution in [1.82, 2.24) is 24.4 Å². The summed E-state index contributed by atoms with van der Waals surface area (Å²) in [5, 5.41) is 1.24. The Kier molecular flexibility index (Phi) is 5.75. The molecule has 6 heteroatoms. The number of piperidine rings is 1. The Labute approximate surface area is 194 Å². The van der Waals surface area contributed by atoms with Crippen molar-refractivity contribution < 1.29 is 4.79 Å². The molecule has 33 heavy (non-hydrogen) atoms. The van der Waals surface area contributed by atoms with E-state index in [0.717, 1.165) is 37.3 Å². The molecule has 1 aromatic carbocycles. The molecule has 1 N–H and O–H groups in total. The summed E-state index contributed by atoms with van der Waals surface area (Å²) in [5.41, 5.74) is 6.04. The molecule has 2 atom stereocenters. The first-order valence-corrected chi connectivity index (χ1v) is 11.8. The first kappa shape index (κ1) is 21.4. The second kappa shape index (κ2) is 8.85. The number of hydrogen-bond donors (Lipinski definition) is 1. The second-order valence-electron chi connectivity index (χ2n) is 9.35. The van der Waals surface area contributed by atoms with Crippen molar-refractivity contribution in [3.05, 3.63) is 72.2 Å². The van der Waals surface area contributed by atoms with Crippen molar-refractivity contribution in [2.75, 3.05) is 13.1 Å². The van der Waals surface area contributed by atoms with Crippen LogP contribution in [0.4, 0.5) is 0 Å². The van der Waals surface area contributed by atoms with Crippen LogP contribution in [0.1, 0.15) is 42.8 Å². The monoisotopic (exact) mass is 441 g/mol. The van der Waals surface area contributed by atoms with Gasteiger partial charge < -0.3 is 14.5 Å². The smallest absolute Gasteiger partial charge is 0.227 e. The predicted molar refractivity (Wildman–Crippen MR) is 131 cm³/mol. The van der Waals surface area contributed by atoms with Gasteiger partial charge in [0.2, 0.25) is 5.91 Å². The van der Waals surface area contributed by atoms with Crippen molar-refractivity contribution in [3.8, 4) is 11.1 Å². The molecule has 4 heterocycles. The zero-order valence-electron chi connectivity index (χ0n) is 19.6. The van der Waals surface area contributed by atoms with Crippen LogP contribution in [0.2, 0.25) is 0 Å². The van der Waals surface area contributed by atoms with E-state index in [1.807, 2.05) is 32.4 Å². The summed E-state index contributed by atoms with van der Waals surface area (Å²) in [7, 11) is 0. The fraction of sp³-hybridized carbons (Fsp3) is 0.370. The number of aromatic nitrogens is 4. The summed E-state index contributed by atoms with van der Waals surface area (Å²) in [6, 6.07) is 10.7. The van der Waals surface area contributed by atoms with Crippen LogP contribution in [-0.2, 0) is 11.3 Å². The third kappa shape index (κ3) is 4.17. The lowest BCUT2D eigenvalue weighted by Crippen LogP contribution is -2.42. The number of H-pyrrole nitrogens is 1. The highest BCUT2D eigenvalue weighted by Gasteiger charge is 2.30. The number of aromatic amines is 1. The molecule has 0 unspecified atom stereocenters. The Hall–Kier alpha value is -3.41. The number of pyridine rings is 1. The standard InChI is InChI=1S/C27H31N5O/c1-18-6-7-24-23(15-18)25(21-8-10-28-11-9-21)26(30-24)22-5-4-13-32(17-22)27(33)19(2)16-31-14-12-29-20(31)3/h6-12,14-15,19,22,30H,4-5,13,16-17H2,1-3H3/t19-,22-/m1/s1. The topological polar surface area (TPSA) is 66.8 Å². The van der Waals surface area contributed by atoms with Crippen LogP contribution in [0, 0.1) is 19.8 Å². The van der Waals surface area contributed by atoms with Crippen LogP contribution in [0.25, 0.3) is 22.0 Å². The Morgan fingerprint density at radius 1 is 1.18 bits per heavy atom. The zero-order chi connectivity index (χ0) is 22.9. The molecule has 0 spiro atoms. The minimum atomic E-state index is -0.0818. The number of hydrogen-bond acceptors (Lipinski definition) is 3. The van der Waals surface area contributed by atoms with Gasteiger partial charge in [-0.15, -0.1) is 0 Å². The van der Waals surface area contributed by atoms with Crippen LogP contribution >= 0.6 is 0 Å². The molecule has 6 nitrogen and oxygen atoms in total. The van der Waals surface area contributed by atoms with E-state index in [9.17, 15) is 4.79 Å². The number of carbonyl (C=O) groups is 1. The molecule has 1 saturated heterocycles. The SMILES string of the molecule is Cc1ccc2[nH]c([C@@H]3CCCN(C(=O)[C@H](C)Cn4ccnc4C)C3)c(-c3ccncc3)c2c1. The van der Waals surface area contributed by atoms with E-state index in [2.05, 4.69) is 61.7 Å². The maximum atomic E-state index is 13.4. The Morgan fingerprint density at radius 2 is 2.00 bits per heavy atom. The molecule has 5 rings (SSSR count). The van der Waals surface area contributed by atoms with Crippen LogP contribution < -0.4 is 0 Å². The van der Waals surface area contributed by atoms with E-state index in [-0.39, 0.29) is 17.7 Å². The van der Waals surface area contributed by atoms with Crippen LogP contribution in [0.5, 0.6) is 0 Å². The number of carbonyl (C=O) groups excluding carboxylic acids is 1. The molecule has 0 saturated carbocycles. The number of imidazole rings is 1. The highest BCUT2D eigenvalue weighted by molar-refractivity contribution is 5.98. The van der Waals surface area contributed by atoms with Gasteiger partial charge in [-0.2, -0.15) is 0 Å². The largest absolute Gasteiger partial charge is 0.358 e. The summed E-state index contributed by atoms with van der Waals surface area (Å²) in [6.07, 6.45) is 9.53. The van der Waals surface area contributed by atoms with Crippen LogP contribution in [0.15, 0.2) is 55.1 Å². The van der Waals surface area contributed by atoms with Gasteiger partial charge in [0.1, 0.15) is 5.82 Å². The van der Waals surface area contributed by atoms with Gasteiger partial charge in [-0.05, 0) is 56.5 Å². The Balaban J connectivity index is 1.44. The molecule has 3 aromatic heterocycles. The van der Waals surface area contributed by atoms with Gasteiger partial charge in [0, 0.05) is 72.5 Å². The highest BCUT2D eigenvalue weighted by atomic mass is 16.2. The molecular formula is C27H31N5O. The van der Waals surface area contributed by atoms with Gasteiger partial charge in [-0.25, -0.2) is 4.98 Å². The molecule has 0 radical (unpaired) electrons. The summed E-state index contributed by atoms with van der Waals surface area (Å²) in [6.45, 7) is 8.38. The van der Waals surface area contributed by atoms with E-state index in [1.54, 1.807) is 6.20 Å². The first-order valence-electron chi connectivity index (χ1n) is 11.8. The Morgan fingerprint density at radius 3 is 2.76 bits per heavy atom. The molecule has 170 valence electrons. The number of aryl methyl sites for hydroxylation is 2. The minimum absolute atomic E-state index is 0.0818. The molecule has 1 aliphatic rings. The summed E-state index contributed by atoms with van der Waals surface area (Å²) in [4.78, 5) is 27.7. The van der Waals surface area contributed by atoms with E-state index in [1.165, 1.54) is 27.8 Å². The number of likely N-dealkylation sites (tertiary alicyclic amines) is 1. The average Bonchev–Trinajstić information content (AvgIpc) is 3.42. The number of nitrogens with one attached hydrogen (secondary N) is 1. The third-order valence-electron chi connectivity index (χ3n) is 6.91. The van der Waals surface area contributed by atoms with Crippen molar-refractivity contribution >= 4 is 16.8 Å². The predicted octanol–water partition coefficient (Wildman–Crippen LogP) is 5.09. The number of amides is 1. The maximum absolute atomic E-state index is 13.4. The number of rotatable bonds is 5. The van der Waals surface area contributed by atoms with Gasteiger partial charge >= 0.3 is 0 Å². The second-order valence-corrected chi connectivity index (χ2v) is 9.35. The van der Waals surface area contributed by atoms with Crippen molar-refractivity contribution in [3.63, 3.8) is 0 Å². The van der Waals surface area contributed by atoms with Crippen LogP contribution in [-0.4, -0.2) is 43.4 Å². The summed E-state index contributed by atoms with van der Waals surface area (Å²) in [5.74, 6) is 1.37. The lowest BCUT2D eigenvalue weighted by Gasteiger charge is -2.34. The molecule has 1 amide bonds. The summed E-state index contributed by atoms with van der Waals surface area (Å²) >= 11 is 0. The number of fused-ring (bicyclic) bond motifs is 1. The highest BCUT2D eigenvalue weighted by Crippen LogP contribution is 2.39. The van der Waals surface area contributed by atoms with E-state index in [0.29, 0.717) is 6.54 Å². The molecule has 1 aliphatic heterocycles. The number of benzene rings is 1.